The number of carboxylic acids is 1. The molecule has 1 aromatic heterocycles. The number of carbonyl (C=O) groups is 1. The average Bonchev–Trinajstić information content (AvgIpc) is 2.86. The van der Waals surface area contributed by atoms with Gasteiger partial charge >= 0.3 is 5.97 Å². The lowest BCUT2D eigenvalue weighted by molar-refractivity contribution is -0.142. The standard InChI is InChI=1S/C30H28Cl3FN2O4/c1-30(2,3)28(29(38)39)35-12-5-13-40-18-15-21(19-9-8-17(34)14-24(19)33)20-10-11-26(37)36(25(20)16-18)27-22(31)6-4-7-23(27)32/h4,6-11,14-16,28,35H,5,12-13H2,1-3H3,(H,38,39)/t28-/m1/s1. The van der Waals surface area contributed by atoms with Crippen LogP contribution in [0.4, 0.5) is 4.39 Å². The molecule has 0 unspecified atom stereocenters. The van der Waals surface area contributed by atoms with E-state index in [4.69, 9.17) is 39.5 Å². The number of nitrogens with zero attached hydrogens (tertiary/aromatic N) is 1. The molecule has 3 aromatic carbocycles. The second-order valence-corrected chi connectivity index (χ2v) is 11.6. The molecular weight excluding hydrogens is 578 g/mol. The zero-order valence-electron chi connectivity index (χ0n) is 22.1. The Hall–Kier alpha value is -3.10. The van der Waals surface area contributed by atoms with Crippen LogP contribution < -0.4 is 15.6 Å². The maximum Gasteiger partial charge on any atom is 0.321 e. The summed E-state index contributed by atoms with van der Waals surface area (Å²) in [6, 6.07) is 14.9. The van der Waals surface area contributed by atoms with Crippen molar-refractivity contribution >= 4 is 51.7 Å². The Balaban J connectivity index is 1.77. The summed E-state index contributed by atoms with van der Waals surface area (Å²) < 4.78 is 21.4. The molecule has 1 atom stereocenters. The van der Waals surface area contributed by atoms with Crippen molar-refractivity contribution in [1.82, 2.24) is 9.88 Å². The molecular formula is C30H28Cl3FN2O4. The first kappa shape index (κ1) is 29.9. The molecule has 0 aliphatic carbocycles. The fourth-order valence-electron chi connectivity index (χ4n) is 4.54. The summed E-state index contributed by atoms with van der Waals surface area (Å²) in [5.41, 5.74) is 1.13. The van der Waals surface area contributed by atoms with E-state index in [2.05, 4.69) is 5.32 Å². The summed E-state index contributed by atoms with van der Waals surface area (Å²) in [4.78, 5) is 24.8. The molecule has 4 aromatic rings. The fraction of sp³-hybridized carbons (Fsp3) is 0.267. The molecule has 10 heteroatoms. The maximum atomic E-state index is 13.9. The number of hydrogen-bond acceptors (Lipinski definition) is 4. The summed E-state index contributed by atoms with van der Waals surface area (Å²) in [6.07, 6.45) is 0.516. The molecule has 0 saturated heterocycles. The number of ether oxygens (including phenoxy) is 1. The molecule has 0 spiro atoms. The summed E-state index contributed by atoms with van der Waals surface area (Å²) in [5, 5.41) is 14.0. The van der Waals surface area contributed by atoms with Crippen molar-refractivity contribution in [3.63, 3.8) is 0 Å². The molecule has 0 amide bonds. The number of nitrogens with one attached hydrogen (secondary N) is 1. The van der Waals surface area contributed by atoms with Crippen LogP contribution in [0.2, 0.25) is 15.1 Å². The molecule has 0 saturated carbocycles. The molecule has 0 aliphatic rings. The highest BCUT2D eigenvalue weighted by atomic mass is 35.5. The minimum Gasteiger partial charge on any atom is -0.493 e. The van der Waals surface area contributed by atoms with Gasteiger partial charge < -0.3 is 15.2 Å². The van der Waals surface area contributed by atoms with Crippen LogP contribution in [0.1, 0.15) is 27.2 Å². The predicted molar refractivity (Wildman–Crippen MR) is 159 cm³/mol. The number of pyridine rings is 1. The van der Waals surface area contributed by atoms with Crippen molar-refractivity contribution in [2.75, 3.05) is 13.2 Å². The van der Waals surface area contributed by atoms with Gasteiger partial charge in [0.25, 0.3) is 5.56 Å². The third kappa shape index (κ3) is 6.44. The molecule has 0 fully saturated rings. The van der Waals surface area contributed by atoms with Gasteiger partial charge in [-0.15, -0.1) is 0 Å². The first-order chi connectivity index (χ1) is 18.9. The van der Waals surface area contributed by atoms with Crippen molar-refractivity contribution in [3.8, 4) is 22.6 Å². The second-order valence-electron chi connectivity index (χ2n) is 10.4. The molecule has 0 radical (unpaired) electrons. The van der Waals surface area contributed by atoms with Gasteiger partial charge in [-0.1, -0.05) is 61.6 Å². The van der Waals surface area contributed by atoms with Crippen molar-refractivity contribution in [1.29, 1.82) is 0 Å². The number of hydrogen-bond donors (Lipinski definition) is 2. The number of para-hydroxylation sites is 1. The lowest BCUT2D eigenvalue weighted by Crippen LogP contribution is -2.46. The highest BCUT2D eigenvalue weighted by molar-refractivity contribution is 6.38. The van der Waals surface area contributed by atoms with Crippen LogP contribution in [0.5, 0.6) is 5.75 Å². The number of rotatable bonds is 9. The molecule has 40 heavy (non-hydrogen) atoms. The van der Waals surface area contributed by atoms with Gasteiger partial charge in [-0.2, -0.15) is 0 Å². The van der Waals surface area contributed by atoms with E-state index in [1.807, 2.05) is 20.8 Å². The van der Waals surface area contributed by atoms with E-state index in [-0.39, 0.29) is 27.2 Å². The number of halogens is 4. The number of aliphatic carboxylic acids is 1. The molecule has 1 heterocycles. The van der Waals surface area contributed by atoms with E-state index in [1.54, 1.807) is 42.5 Å². The van der Waals surface area contributed by atoms with E-state index >= 15 is 0 Å². The number of benzene rings is 3. The highest BCUT2D eigenvalue weighted by Crippen LogP contribution is 2.38. The van der Waals surface area contributed by atoms with Gasteiger partial charge in [-0.3, -0.25) is 14.2 Å². The zero-order chi connectivity index (χ0) is 29.2. The van der Waals surface area contributed by atoms with E-state index in [1.165, 1.54) is 22.8 Å². The number of carboxylic acid groups (broad SMARTS) is 1. The van der Waals surface area contributed by atoms with Crippen LogP contribution in [0, 0.1) is 11.2 Å². The van der Waals surface area contributed by atoms with Crippen molar-refractivity contribution in [3.05, 3.63) is 91.9 Å². The third-order valence-corrected chi connectivity index (χ3v) is 7.34. The Kier molecular flexibility index (Phi) is 9.10. The van der Waals surface area contributed by atoms with E-state index in [9.17, 15) is 19.1 Å². The predicted octanol–water partition coefficient (Wildman–Crippen LogP) is 7.61. The van der Waals surface area contributed by atoms with Gasteiger partial charge in [0, 0.05) is 23.1 Å². The monoisotopic (exact) mass is 604 g/mol. The normalized spacial score (nSPS) is 12.5. The second kappa shape index (κ2) is 12.2. The van der Waals surface area contributed by atoms with Crippen LogP contribution in [0.3, 0.4) is 0 Å². The van der Waals surface area contributed by atoms with E-state index in [0.717, 1.165) is 0 Å². The molecule has 0 bridgehead atoms. The van der Waals surface area contributed by atoms with Gasteiger partial charge in [0.1, 0.15) is 17.6 Å². The van der Waals surface area contributed by atoms with Gasteiger partial charge in [-0.05, 0) is 66.4 Å². The molecule has 210 valence electrons. The summed E-state index contributed by atoms with van der Waals surface area (Å²) in [6.45, 7) is 6.25. The van der Waals surface area contributed by atoms with Gasteiger partial charge in [-0.25, -0.2) is 4.39 Å². The quantitative estimate of drug-likeness (QED) is 0.192. The maximum absolute atomic E-state index is 13.9. The zero-order valence-corrected chi connectivity index (χ0v) is 24.4. The lowest BCUT2D eigenvalue weighted by atomic mass is 9.87. The first-order valence-corrected chi connectivity index (χ1v) is 13.7. The van der Waals surface area contributed by atoms with Crippen LogP contribution in [-0.4, -0.2) is 34.8 Å². The minimum absolute atomic E-state index is 0.193. The molecule has 2 N–H and O–H groups in total. The number of aromatic nitrogens is 1. The summed E-state index contributed by atoms with van der Waals surface area (Å²) in [7, 11) is 0. The molecule has 4 rings (SSSR count). The summed E-state index contributed by atoms with van der Waals surface area (Å²) >= 11 is 19.4. The van der Waals surface area contributed by atoms with Crippen molar-refractivity contribution in [2.45, 2.75) is 33.2 Å². The Morgan fingerprint density at radius 3 is 2.33 bits per heavy atom. The Labute approximate surface area is 246 Å². The van der Waals surface area contributed by atoms with Crippen molar-refractivity contribution in [2.24, 2.45) is 5.41 Å². The smallest absolute Gasteiger partial charge is 0.321 e. The Bertz CT molecular complexity index is 1610. The summed E-state index contributed by atoms with van der Waals surface area (Å²) in [5.74, 6) is -0.969. The average molecular weight is 606 g/mol. The van der Waals surface area contributed by atoms with Crippen LogP contribution in [0.15, 0.2) is 65.5 Å². The first-order valence-electron chi connectivity index (χ1n) is 12.6. The largest absolute Gasteiger partial charge is 0.493 e. The molecule has 6 nitrogen and oxygen atoms in total. The Morgan fingerprint density at radius 1 is 1.00 bits per heavy atom. The van der Waals surface area contributed by atoms with Gasteiger partial charge in [0.05, 0.1) is 32.9 Å². The SMILES string of the molecule is CC(C)(C)[C@H](NCCCOc1cc(-c2ccc(F)cc2Cl)c2ccc(=O)n(-c3c(Cl)cccc3Cl)c2c1)C(=O)O. The van der Waals surface area contributed by atoms with E-state index in [0.29, 0.717) is 46.4 Å². The topological polar surface area (TPSA) is 80.6 Å². The minimum atomic E-state index is -0.917. The fourth-order valence-corrected chi connectivity index (χ4v) is 5.38. The van der Waals surface area contributed by atoms with Crippen molar-refractivity contribution < 1.29 is 19.0 Å². The lowest BCUT2D eigenvalue weighted by Gasteiger charge is -2.27. The van der Waals surface area contributed by atoms with Crippen LogP contribution >= 0.6 is 34.8 Å². The van der Waals surface area contributed by atoms with Crippen LogP contribution in [-0.2, 0) is 4.79 Å². The molecule has 0 aliphatic heterocycles. The van der Waals surface area contributed by atoms with Gasteiger partial charge in [0.15, 0.2) is 0 Å². The number of fused-ring (bicyclic) bond motifs is 1. The third-order valence-electron chi connectivity index (χ3n) is 6.42. The Morgan fingerprint density at radius 2 is 1.70 bits per heavy atom. The highest BCUT2D eigenvalue weighted by Gasteiger charge is 2.30. The van der Waals surface area contributed by atoms with Gasteiger partial charge in [0.2, 0.25) is 0 Å². The van der Waals surface area contributed by atoms with Crippen LogP contribution in [0.25, 0.3) is 27.7 Å². The van der Waals surface area contributed by atoms with E-state index < -0.39 is 23.2 Å².